The molecule has 1 N–H and O–H groups in total. The average molecular weight is 656 g/mol. The highest BCUT2D eigenvalue weighted by atomic mass is 32.2. The van der Waals surface area contributed by atoms with E-state index in [0.29, 0.717) is 18.6 Å². The lowest BCUT2D eigenvalue weighted by Crippen LogP contribution is -2.50. The summed E-state index contributed by atoms with van der Waals surface area (Å²) < 4.78 is 134. The Morgan fingerprint density at radius 2 is 1.41 bits per heavy atom. The van der Waals surface area contributed by atoms with Gasteiger partial charge in [-0.3, -0.25) is 9.59 Å². The van der Waals surface area contributed by atoms with Gasteiger partial charge in [-0.25, -0.2) is 17.2 Å². The Labute approximate surface area is 248 Å². The van der Waals surface area contributed by atoms with E-state index in [1.54, 1.807) is 6.92 Å². The van der Waals surface area contributed by atoms with Crippen molar-refractivity contribution in [1.82, 2.24) is 4.90 Å². The fourth-order valence-corrected chi connectivity index (χ4v) is 8.38. The quantitative estimate of drug-likeness (QED) is 0.265. The standard InChI is InChI=1S/C29H29F8NO5S/c1-2-25(24(40)41)13-11-18(12-14-25)23(39)38-16-15-26(17-38,44(42,43)22-9-7-21(30)8-10-22)19-3-5-20(6-4-19)27(31,28(32,33)34)29(35,36)37/h3-10,18H,2,11-17H2,1H3,(H,40,41). The lowest BCUT2D eigenvalue weighted by molar-refractivity contribution is -0.348. The number of rotatable bonds is 7. The van der Waals surface area contributed by atoms with Gasteiger partial charge in [-0.2, -0.15) is 26.3 Å². The Bertz CT molecular complexity index is 1480. The molecule has 44 heavy (non-hydrogen) atoms. The molecule has 4 rings (SSSR count). The molecule has 1 amide bonds. The summed E-state index contributed by atoms with van der Waals surface area (Å²) in [7, 11) is -4.58. The summed E-state index contributed by atoms with van der Waals surface area (Å²) in [6.07, 6.45) is -11.9. The minimum absolute atomic E-state index is 0.159. The van der Waals surface area contributed by atoms with Gasteiger partial charge in [0.05, 0.1) is 10.3 Å². The molecule has 1 saturated carbocycles. The van der Waals surface area contributed by atoms with E-state index < -0.39 is 78.6 Å². The van der Waals surface area contributed by atoms with Crippen LogP contribution in [-0.4, -0.2) is 55.7 Å². The van der Waals surface area contributed by atoms with Crippen molar-refractivity contribution in [3.63, 3.8) is 0 Å². The number of benzene rings is 2. The van der Waals surface area contributed by atoms with Gasteiger partial charge >= 0.3 is 24.0 Å². The van der Waals surface area contributed by atoms with E-state index in [9.17, 15) is 58.2 Å². The second-order valence-corrected chi connectivity index (χ2v) is 13.7. The molecule has 0 bridgehead atoms. The number of carboxylic acid groups (broad SMARTS) is 1. The third kappa shape index (κ3) is 5.34. The van der Waals surface area contributed by atoms with Gasteiger partial charge in [-0.15, -0.1) is 0 Å². The lowest BCUT2D eigenvalue weighted by atomic mass is 9.68. The second kappa shape index (κ2) is 11.3. The number of sulfone groups is 1. The molecule has 6 nitrogen and oxygen atoms in total. The summed E-state index contributed by atoms with van der Waals surface area (Å²) in [6.45, 7) is 1.03. The SMILES string of the molecule is CCC1(C(=O)O)CCC(C(=O)N2CCC(c3ccc(C(F)(C(F)(F)F)C(F)(F)F)cc3)(S(=O)(=O)c3ccc(F)cc3)C2)CC1. The molecule has 1 unspecified atom stereocenters. The van der Waals surface area contributed by atoms with E-state index >= 15 is 0 Å². The number of hydrogen-bond donors (Lipinski definition) is 1. The summed E-state index contributed by atoms with van der Waals surface area (Å²) in [4.78, 5) is 26.2. The summed E-state index contributed by atoms with van der Waals surface area (Å²) in [5.74, 6) is -2.85. The first-order valence-corrected chi connectivity index (χ1v) is 15.2. The second-order valence-electron chi connectivity index (χ2n) is 11.4. The number of carbonyl (C=O) groups is 2. The Hall–Kier alpha value is -3.23. The Balaban J connectivity index is 1.73. The van der Waals surface area contributed by atoms with Crippen LogP contribution in [0.1, 0.15) is 56.6 Å². The number of likely N-dealkylation sites (tertiary alicyclic amines) is 1. The zero-order valence-corrected chi connectivity index (χ0v) is 24.1. The fraction of sp³-hybridized carbons (Fsp3) is 0.517. The first kappa shape index (κ1) is 33.7. The van der Waals surface area contributed by atoms with Crippen molar-refractivity contribution in [1.29, 1.82) is 0 Å². The molecule has 2 aliphatic rings. The van der Waals surface area contributed by atoms with Crippen molar-refractivity contribution < 1.29 is 58.2 Å². The maximum Gasteiger partial charge on any atom is 0.435 e. The molecule has 1 aliphatic heterocycles. The van der Waals surface area contributed by atoms with Gasteiger partial charge in [0.25, 0.3) is 0 Å². The Morgan fingerprint density at radius 1 is 0.886 bits per heavy atom. The van der Waals surface area contributed by atoms with Gasteiger partial charge in [-0.1, -0.05) is 31.2 Å². The molecule has 2 aromatic carbocycles. The van der Waals surface area contributed by atoms with Crippen LogP contribution in [-0.2, 0) is 29.8 Å². The molecule has 1 aliphatic carbocycles. The van der Waals surface area contributed by atoms with Crippen molar-refractivity contribution >= 4 is 21.7 Å². The number of alkyl halides is 7. The molecular formula is C29H29F8NO5S. The number of halogens is 8. The van der Waals surface area contributed by atoms with Crippen LogP contribution in [0, 0.1) is 17.2 Å². The van der Waals surface area contributed by atoms with Crippen molar-refractivity contribution in [2.24, 2.45) is 11.3 Å². The Kier molecular flexibility index (Phi) is 8.64. The number of nitrogens with zero attached hydrogens (tertiary/aromatic N) is 1. The predicted molar refractivity (Wildman–Crippen MR) is 140 cm³/mol. The molecular weight excluding hydrogens is 626 g/mol. The van der Waals surface area contributed by atoms with E-state index in [-0.39, 0.29) is 56.3 Å². The van der Waals surface area contributed by atoms with E-state index in [2.05, 4.69) is 0 Å². The van der Waals surface area contributed by atoms with Crippen molar-refractivity contribution in [2.75, 3.05) is 13.1 Å². The molecule has 242 valence electrons. The number of carbonyl (C=O) groups excluding carboxylic acids is 1. The number of carboxylic acids is 1. The number of amides is 1. The molecule has 0 aromatic heterocycles. The summed E-state index contributed by atoms with van der Waals surface area (Å²) in [6, 6.07) is 5.38. The highest BCUT2D eigenvalue weighted by Crippen LogP contribution is 2.54. The van der Waals surface area contributed by atoms with Gasteiger partial charge in [0.15, 0.2) is 9.84 Å². The van der Waals surface area contributed by atoms with E-state index in [4.69, 9.17) is 0 Å². The van der Waals surface area contributed by atoms with E-state index in [1.165, 1.54) is 4.90 Å². The van der Waals surface area contributed by atoms with E-state index in [0.717, 1.165) is 24.3 Å². The van der Waals surface area contributed by atoms with Crippen LogP contribution in [0.15, 0.2) is 53.4 Å². The Morgan fingerprint density at radius 3 is 1.86 bits per heavy atom. The van der Waals surface area contributed by atoms with Gasteiger partial charge in [0.1, 0.15) is 10.6 Å². The summed E-state index contributed by atoms with van der Waals surface area (Å²) in [5.41, 5.74) is -8.81. The lowest BCUT2D eigenvalue weighted by Gasteiger charge is -2.37. The third-order valence-electron chi connectivity index (χ3n) is 9.19. The number of aliphatic carboxylic acids is 1. The fourth-order valence-electron chi connectivity index (χ4n) is 6.31. The molecule has 0 radical (unpaired) electrons. The maximum atomic E-state index is 14.7. The van der Waals surface area contributed by atoms with Crippen LogP contribution >= 0.6 is 0 Å². The summed E-state index contributed by atoms with van der Waals surface area (Å²) >= 11 is 0. The molecule has 1 heterocycles. The topological polar surface area (TPSA) is 91.8 Å². The highest BCUT2D eigenvalue weighted by molar-refractivity contribution is 7.92. The van der Waals surface area contributed by atoms with Gasteiger partial charge < -0.3 is 10.0 Å². The van der Waals surface area contributed by atoms with Crippen molar-refractivity contribution in [3.8, 4) is 0 Å². The molecule has 1 atom stereocenters. The van der Waals surface area contributed by atoms with E-state index in [1.807, 2.05) is 0 Å². The van der Waals surface area contributed by atoms with Crippen LogP contribution in [0.2, 0.25) is 0 Å². The van der Waals surface area contributed by atoms with Gasteiger partial charge in [0.2, 0.25) is 5.91 Å². The van der Waals surface area contributed by atoms with Gasteiger partial charge in [0, 0.05) is 24.6 Å². The van der Waals surface area contributed by atoms with Crippen LogP contribution in [0.25, 0.3) is 0 Å². The minimum atomic E-state index is -6.38. The highest BCUT2D eigenvalue weighted by Gasteiger charge is 2.73. The number of hydrogen-bond acceptors (Lipinski definition) is 4. The molecule has 2 aromatic rings. The van der Waals surface area contributed by atoms with Gasteiger partial charge in [-0.05, 0) is 68.4 Å². The molecule has 2 fully saturated rings. The van der Waals surface area contributed by atoms with Crippen LogP contribution in [0.4, 0.5) is 35.1 Å². The van der Waals surface area contributed by atoms with Crippen molar-refractivity contribution in [2.45, 2.75) is 73.1 Å². The zero-order valence-electron chi connectivity index (χ0n) is 23.3. The zero-order chi connectivity index (χ0) is 32.9. The van der Waals surface area contributed by atoms with Crippen LogP contribution in [0.3, 0.4) is 0 Å². The monoisotopic (exact) mass is 655 g/mol. The molecule has 0 spiro atoms. The van der Waals surface area contributed by atoms with Crippen LogP contribution < -0.4 is 0 Å². The van der Waals surface area contributed by atoms with Crippen LogP contribution in [0.5, 0.6) is 0 Å². The van der Waals surface area contributed by atoms with Crippen molar-refractivity contribution in [3.05, 3.63) is 65.5 Å². The first-order chi connectivity index (χ1) is 20.3. The average Bonchev–Trinajstić information content (AvgIpc) is 3.43. The normalized spacial score (nSPS) is 25.2. The molecule has 15 heteroatoms. The maximum absolute atomic E-state index is 14.7. The minimum Gasteiger partial charge on any atom is -0.481 e. The smallest absolute Gasteiger partial charge is 0.435 e. The predicted octanol–water partition coefficient (Wildman–Crippen LogP) is 6.69. The first-order valence-electron chi connectivity index (χ1n) is 13.7. The largest absolute Gasteiger partial charge is 0.481 e. The third-order valence-corrected chi connectivity index (χ3v) is 11.7. The molecule has 1 saturated heterocycles. The summed E-state index contributed by atoms with van der Waals surface area (Å²) in [5, 5.41) is 9.66.